The monoisotopic (exact) mass is 256 g/mol. The molecule has 0 aromatic heterocycles. The van der Waals surface area contributed by atoms with E-state index in [1.807, 2.05) is 20.8 Å². The van der Waals surface area contributed by atoms with Gasteiger partial charge in [0.15, 0.2) is 0 Å². The topological polar surface area (TPSA) is 72.6 Å². The summed E-state index contributed by atoms with van der Waals surface area (Å²) in [6.45, 7) is 8.17. The molecule has 18 heavy (non-hydrogen) atoms. The number of rotatable bonds is 2. The zero-order valence-corrected chi connectivity index (χ0v) is 11.7. The van der Waals surface area contributed by atoms with E-state index in [1.165, 1.54) is 0 Å². The third kappa shape index (κ3) is 4.64. The first kappa shape index (κ1) is 15.0. The number of likely N-dealkylation sites (tertiary alicyclic amines) is 1. The second kappa shape index (κ2) is 5.69. The van der Waals surface area contributed by atoms with Crippen molar-refractivity contribution in [2.75, 3.05) is 13.1 Å². The lowest BCUT2D eigenvalue weighted by molar-refractivity contribution is -0.118. The van der Waals surface area contributed by atoms with E-state index in [4.69, 9.17) is 10.5 Å². The first-order chi connectivity index (χ1) is 8.19. The largest absolute Gasteiger partial charge is 0.444 e. The van der Waals surface area contributed by atoms with Crippen LogP contribution < -0.4 is 5.73 Å². The second-order valence-electron chi connectivity index (χ2n) is 6.05. The third-order valence-electron chi connectivity index (χ3n) is 3.01. The number of ether oxygens (including phenoxy) is 1. The number of amides is 1. The van der Waals surface area contributed by atoms with E-state index in [1.54, 1.807) is 11.8 Å². The van der Waals surface area contributed by atoms with E-state index in [0.717, 1.165) is 6.42 Å². The molecule has 2 atom stereocenters. The predicted octanol–water partition coefficient (Wildman–Crippen LogP) is 1.55. The summed E-state index contributed by atoms with van der Waals surface area (Å²) in [5, 5.41) is 0. The molecule has 1 amide bonds. The molecule has 2 unspecified atom stereocenters. The highest BCUT2D eigenvalue weighted by Crippen LogP contribution is 2.21. The average Bonchev–Trinajstić information content (AvgIpc) is 2.17. The number of Topliss-reactive ketones (excluding diaryl/α,β-unsaturated/α-hetero) is 1. The van der Waals surface area contributed by atoms with Crippen molar-refractivity contribution in [1.29, 1.82) is 0 Å². The Hall–Kier alpha value is -1.10. The fourth-order valence-corrected chi connectivity index (χ4v) is 2.15. The van der Waals surface area contributed by atoms with Crippen LogP contribution in [0, 0.1) is 5.92 Å². The fourth-order valence-electron chi connectivity index (χ4n) is 2.15. The fraction of sp³-hybridized carbons (Fsp3) is 0.846. The number of hydrogen-bond acceptors (Lipinski definition) is 4. The number of carbonyl (C=O) groups excluding carboxylic acids is 2. The van der Waals surface area contributed by atoms with Gasteiger partial charge in [-0.15, -0.1) is 0 Å². The average molecular weight is 256 g/mol. The van der Waals surface area contributed by atoms with Crippen LogP contribution in [0.15, 0.2) is 0 Å². The number of carbonyl (C=O) groups is 2. The smallest absolute Gasteiger partial charge is 0.410 e. The lowest BCUT2D eigenvalue weighted by Crippen LogP contribution is -2.51. The van der Waals surface area contributed by atoms with Crippen molar-refractivity contribution in [2.45, 2.75) is 52.2 Å². The highest BCUT2D eigenvalue weighted by atomic mass is 16.6. The van der Waals surface area contributed by atoms with Gasteiger partial charge in [-0.2, -0.15) is 0 Å². The summed E-state index contributed by atoms with van der Waals surface area (Å²) in [7, 11) is 0. The van der Waals surface area contributed by atoms with Gasteiger partial charge in [0.05, 0.1) is 0 Å². The van der Waals surface area contributed by atoms with Gasteiger partial charge in [0.25, 0.3) is 0 Å². The summed E-state index contributed by atoms with van der Waals surface area (Å²) in [4.78, 5) is 24.6. The van der Waals surface area contributed by atoms with E-state index in [-0.39, 0.29) is 23.8 Å². The summed E-state index contributed by atoms with van der Waals surface area (Å²) in [5.74, 6) is 0.336. The van der Waals surface area contributed by atoms with Crippen molar-refractivity contribution in [3.05, 3.63) is 0 Å². The molecule has 0 spiro atoms. The van der Waals surface area contributed by atoms with Crippen molar-refractivity contribution in [2.24, 2.45) is 11.7 Å². The maximum absolute atomic E-state index is 11.9. The van der Waals surface area contributed by atoms with Gasteiger partial charge in [0, 0.05) is 25.6 Å². The van der Waals surface area contributed by atoms with Crippen LogP contribution in [-0.2, 0) is 9.53 Å². The minimum Gasteiger partial charge on any atom is -0.444 e. The molecule has 0 aromatic carbocycles. The molecule has 1 rings (SSSR count). The Morgan fingerprint density at radius 1 is 1.39 bits per heavy atom. The van der Waals surface area contributed by atoms with Gasteiger partial charge in [-0.3, -0.25) is 0 Å². The first-order valence-electron chi connectivity index (χ1n) is 6.42. The van der Waals surface area contributed by atoms with E-state index in [2.05, 4.69) is 0 Å². The van der Waals surface area contributed by atoms with Crippen LogP contribution >= 0.6 is 0 Å². The van der Waals surface area contributed by atoms with Crippen LogP contribution in [0.5, 0.6) is 0 Å². The maximum Gasteiger partial charge on any atom is 0.410 e. The highest BCUT2D eigenvalue weighted by molar-refractivity contribution is 5.76. The van der Waals surface area contributed by atoms with Gasteiger partial charge < -0.3 is 20.2 Å². The molecule has 1 saturated heterocycles. The van der Waals surface area contributed by atoms with Gasteiger partial charge >= 0.3 is 6.09 Å². The summed E-state index contributed by atoms with van der Waals surface area (Å²) in [6, 6.07) is -0.143. The van der Waals surface area contributed by atoms with Crippen molar-refractivity contribution >= 4 is 11.9 Å². The van der Waals surface area contributed by atoms with Crippen molar-refractivity contribution < 1.29 is 14.3 Å². The predicted molar refractivity (Wildman–Crippen MR) is 69.2 cm³/mol. The van der Waals surface area contributed by atoms with Gasteiger partial charge in [0.2, 0.25) is 0 Å². The molecular formula is C13H24N2O3. The van der Waals surface area contributed by atoms with Crippen LogP contribution in [0.1, 0.15) is 40.5 Å². The van der Waals surface area contributed by atoms with Crippen molar-refractivity contribution in [1.82, 2.24) is 4.90 Å². The van der Waals surface area contributed by atoms with Crippen LogP contribution in [0.2, 0.25) is 0 Å². The highest BCUT2D eigenvalue weighted by Gasteiger charge is 2.31. The van der Waals surface area contributed by atoms with Gasteiger partial charge in [-0.25, -0.2) is 4.79 Å². The van der Waals surface area contributed by atoms with Crippen LogP contribution in [0.4, 0.5) is 4.79 Å². The summed E-state index contributed by atoms with van der Waals surface area (Å²) in [5.41, 5.74) is 5.53. The Labute approximate surface area is 109 Å². The Bertz CT molecular complexity index is 323. The van der Waals surface area contributed by atoms with Gasteiger partial charge in [-0.1, -0.05) is 0 Å². The molecule has 0 aliphatic carbocycles. The Morgan fingerprint density at radius 3 is 2.44 bits per heavy atom. The minimum atomic E-state index is -0.489. The van der Waals surface area contributed by atoms with Crippen LogP contribution in [0.3, 0.4) is 0 Å². The molecule has 0 saturated carbocycles. The standard InChI is InChI=1S/C13H24N2O3/c1-9(16)7-10-5-6-15(8-11(10)14)12(17)18-13(2,3)4/h10-11H,5-8,14H2,1-4H3. The normalized spacial score (nSPS) is 24.8. The Balaban J connectivity index is 2.50. The van der Waals surface area contributed by atoms with E-state index in [9.17, 15) is 9.59 Å². The SMILES string of the molecule is CC(=O)CC1CCN(C(=O)OC(C)(C)C)CC1N. The number of piperidine rings is 1. The lowest BCUT2D eigenvalue weighted by Gasteiger charge is -2.37. The van der Waals surface area contributed by atoms with E-state index >= 15 is 0 Å². The number of nitrogens with two attached hydrogens (primary N) is 1. The summed E-state index contributed by atoms with van der Waals surface area (Å²) in [6.07, 6.45) is 0.947. The number of ketones is 1. The van der Waals surface area contributed by atoms with Crippen molar-refractivity contribution in [3.8, 4) is 0 Å². The van der Waals surface area contributed by atoms with E-state index < -0.39 is 5.60 Å². The van der Waals surface area contributed by atoms with Gasteiger partial charge in [0.1, 0.15) is 11.4 Å². The molecule has 1 aliphatic rings. The van der Waals surface area contributed by atoms with Gasteiger partial charge in [-0.05, 0) is 40.0 Å². The zero-order chi connectivity index (χ0) is 13.9. The summed E-state index contributed by atoms with van der Waals surface area (Å²) < 4.78 is 5.31. The molecule has 0 bridgehead atoms. The molecule has 5 nitrogen and oxygen atoms in total. The second-order valence-corrected chi connectivity index (χ2v) is 6.05. The first-order valence-corrected chi connectivity index (χ1v) is 6.42. The number of hydrogen-bond donors (Lipinski definition) is 1. The molecular weight excluding hydrogens is 232 g/mol. The van der Waals surface area contributed by atoms with E-state index in [0.29, 0.717) is 19.5 Å². The zero-order valence-electron chi connectivity index (χ0n) is 11.7. The molecule has 0 radical (unpaired) electrons. The lowest BCUT2D eigenvalue weighted by atomic mass is 9.88. The van der Waals surface area contributed by atoms with Crippen LogP contribution in [0.25, 0.3) is 0 Å². The van der Waals surface area contributed by atoms with Crippen molar-refractivity contribution in [3.63, 3.8) is 0 Å². The maximum atomic E-state index is 11.9. The Morgan fingerprint density at radius 2 is 2.00 bits per heavy atom. The minimum absolute atomic E-state index is 0.143. The molecule has 1 heterocycles. The summed E-state index contributed by atoms with van der Waals surface area (Å²) >= 11 is 0. The third-order valence-corrected chi connectivity index (χ3v) is 3.01. The molecule has 104 valence electrons. The molecule has 0 aromatic rings. The number of nitrogens with zero attached hydrogens (tertiary/aromatic N) is 1. The van der Waals surface area contributed by atoms with Crippen LogP contribution in [-0.4, -0.2) is 41.5 Å². The molecule has 1 fully saturated rings. The molecule has 5 heteroatoms. The quantitative estimate of drug-likeness (QED) is 0.813. The Kier molecular flexibility index (Phi) is 4.73. The molecule has 1 aliphatic heterocycles. The molecule has 2 N–H and O–H groups in total.